The van der Waals surface area contributed by atoms with E-state index in [-0.39, 0.29) is 0 Å². The van der Waals surface area contributed by atoms with Gasteiger partial charge in [0.05, 0.1) is 14.5 Å². The number of hydrogen-bond donors (Lipinski definition) is 1. The minimum Gasteiger partial charge on any atom is -0.453 e. The van der Waals surface area contributed by atoms with Crippen LogP contribution in [0.4, 0.5) is 5.69 Å². The van der Waals surface area contributed by atoms with Crippen LogP contribution < -0.4 is 10.5 Å². The number of hydrogen-bond acceptors (Lipinski definition) is 2. The molecule has 0 saturated heterocycles. The average Bonchev–Trinajstić information content (AvgIpc) is 2.25. The molecular formula is C12H7BrCl3NO. The average molecular weight is 367 g/mol. The summed E-state index contributed by atoms with van der Waals surface area (Å²) in [6, 6.07) is 8.30. The van der Waals surface area contributed by atoms with Crippen molar-refractivity contribution in [3.8, 4) is 11.5 Å². The van der Waals surface area contributed by atoms with Gasteiger partial charge in [0.25, 0.3) is 0 Å². The largest absolute Gasteiger partial charge is 0.453 e. The molecule has 2 nitrogen and oxygen atoms in total. The maximum Gasteiger partial charge on any atom is 0.164 e. The van der Waals surface area contributed by atoms with Gasteiger partial charge in [0.2, 0.25) is 0 Å². The summed E-state index contributed by atoms with van der Waals surface area (Å²) in [5, 5.41) is 1.30. The molecule has 6 heteroatoms. The molecule has 0 bridgehead atoms. The van der Waals surface area contributed by atoms with Crippen LogP contribution in [-0.4, -0.2) is 0 Å². The molecule has 0 aliphatic heterocycles. The molecule has 0 fully saturated rings. The van der Waals surface area contributed by atoms with E-state index in [0.717, 1.165) is 0 Å². The Labute approximate surface area is 128 Å². The lowest BCUT2D eigenvalue weighted by Crippen LogP contribution is -1.91. The molecule has 0 heterocycles. The Morgan fingerprint density at radius 2 is 1.61 bits per heavy atom. The van der Waals surface area contributed by atoms with Crippen molar-refractivity contribution in [3.05, 3.63) is 49.9 Å². The molecule has 18 heavy (non-hydrogen) atoms. The molecule has 0 atom stereocenters. The maximum absolute atomic E-state index is 6.04. The molecule has 2 aromatic carbocycles. The highest BCUT2D eigenvalue weighted by atomic mass is 79.9. The molecule has 0 aliphatic carbocycles. The van der Waals surface area contributed by atoms with E-state index >= 15 is 0 Å². The summed E-state index contributed by atoms with van der Waals surface area (Å²) in [6.45, 7) is 0. The molecule has 0 radical (unpaired) electrons. The Morgan fingerprint density at radius 3 is 2.17 bits per heavy atom. The third-order valence-corrected chi connectivity index (χ3v) is 3.54. The quantitative estimate of drug-likeness (QED) is 0.683. The summed E-state index contributed by atoms with van der Waals surface area (Å²) in [4.78, 5) is 0. The summed E-state index contributed by atoms with van der Waals surface area (Å²) >= 11 is 21.3. The van der Waals surface area contributed by atoms with Gasteiger partial charge in [0.1, 0.15) is 5.75 Å². The normalized spacial score (nSPS) is 10.4. The van der Waals surface area contributed by atoms with E-state index in [1.807, 2.05) is 0 Å². The molecule has 0 unspecified atom stereocenters. The number of halogens is 4. The van der Waals surface area contributed by atoms with Crippen LogP contribution in [0.15, 0.2) is 34.8 Å². The Kier molecular flexibility index (Phi) is 4.28. The lowest BCUT2D eigenvalue weighted by atomic mass is 10.3. The van der Waals surface area contributed by atoms with E-state index in [9.17, 15) is 0 Å². The zero-order valence-electron chi connectivity index (χ0n) is 8.88. The Morgan fingerprint density at radius 1 is 1.00 bits per heavy atom. The van der Waals surface area contributed by atoms with Crippen molar-refractivity contribution in [3.63, 3.8) is 0 Å². The van der Waals surface area contributed by atoms with Gasteiger partial charge in [-0.25, -0.2) is 0 Å². The van der Waals surface area contributed by atoms with E-state index in [4.69, 9.17) is 45.3 Å². The van der Waals surface area contributed by atoms with Crippen molar-refractivity contribution in [2.75, 3.05) is 5.73 Å². The highest BCUT2D eigenvalue weighted by molar-refractivity contribution is 9.10. The molecule has 2 aromatic rings. The molecule has 2 N–H and O–H groups in total. The van der Waals surface area contributed by atoms with Crippen molar-refractivity contribution >= 4 is 56.4 Å². The van der Waals surface area contributed by atoms with Crippen molar-refractivity contribution in [1.29, 1.82) is 0 Å². The predicted octanol–water partition coefficient (Wildman–Crippen LogP) is 5.78. The number of ether oxygens (including phenoxy) is 1. The molecule has 94 valence electrons. The van der Waals surface area contributed by atoms with Crippen LogP contribution in [-0.2, 0) is 0 Å². The third kappa shape index (κ3) is 3.04. The Hall–Kier alpha value is -0.610. The van der Waals surface area contributed by atoms with Crippen LogP contribution in [0.2, 0.25) is 15.1 Å². The highest BCUT2D eigenvalue weighted by Crippen LogP contribution is 2.40. The minimum atomic E-state index is 0.349. The number of anilines is 1. The zero-order chi connectivity index (χ0) is 13.3. The summed E-state index contributed by atoms with van der Waals surface area (Å²) in [5.74, 6) is 0.920. The lowest BCUT2D eigenvalue weighted by Gasteiger charge is -2.11. The van der Waals surface area contributed by atoms with E-state index in [1.165, 1.54) is 0 Å². The van der Waals surface area contributed by atoms with E-state index in [1.54, 1.807) is 30.3 Å². The van der Waals surface area contributed by atoms with Gasteiger partial charge < -0.3 is 10.5 Å². The summed E-state index contributed by atoms with van der Waals surface area (Å²) < 4.78 is 6.36. The first-order valence-corrected chi connectivity index (χ1v) is 6.77. The van der Waals surface area contributed by atoms with Crippen LogP contribution in [0, 0.1) is 0 Å². The number of nitrogens with two attached hydrogens (primary N) is 1. The first kappa shape index (κ1) is 13.8. The second-order valence-electron chi connectivity index (χ2n) is 3.49. The van der Waals surface area contributed by atoms with Crippen LogP contribution in [0.5, 0.6) is 11.5 Å². The Bertz CT molecular complexity index is 581. The standard InChI is InChI=1S/C12H7BrCl3NO/c13-8-3-6(14)1-2-11(8)18-12-9(15)4-7(17)5-10(12)16/h1-5H,17H2. The van der Waals surface area contributed by atoms with Gasteiger partial charge in [-0.2, -0.15) is 0 Å². The van der Waals surface area contributed by atoms with E-state index in [0.29, 0.717) is 36.7 Å². The van der Waals surface area contributed by atoms with Crippen LogP contribution in [0.25, 0.3) is 0 Å². The van der Waals surface area contributed by atoms with E-state index in [2.05, 4.69) is 15.9 Å². The molecular weight excluding hydrogens is 360 g/mol. The second-order valence-corrected chi connectivity index (χ2v) is 5.60. The molecule has 0 spiro atoms. The summed E-state index contributed by atoms with van der Waals surface area (Å²) in [5.41, 5.74) is 6.10. The van der Waals surface area contributed by atoms with Crippen LogP contribution in [0.3, 0.4) is 0 Å². The molecule has 2 rings (SSSR count). The third-order valence-electron chi connectivity index (χ3n) is 2.13. The van der Waals surface area contributed by atoms with Crippen LogP contribution in [0.1, 0.15) is 0 Å². The topological polar surface area (TPSA) is 35.2 Å². The number of rotatable bonds is 2. The van der Waals surface area contributed by atoms with E-state index < -0.39 is 0 Å². The fourth-order valence-electron chi connectivity index (χ4n) is 1.34. The van der Waals surface area contributed by atoms with Crippen molar-refractivity contribution in [1.82, 2.24) is 0 Å². The van der Waals surface area contributed by atoms with Crippen molar-refractivity contribution < 1.29 is 4.74 Å². The molecule has 0 amide bonds. The number of benzene rings is 2. The summed E-state index contributed by atoms with van der Waals surface area (Å²) in [7, 11) is 0. The maximum atomic E-state index is 6.04. The van der Waals surface area contributed by atoms with Crippen molar-refractivity contribution in [2.24, 2.45) is 0 Å². The van der Waals surface area contributed by atoms with Gasteiger partial charge in [-0.1, -0.05) is 34.8 Å². The fourth-order valence-corrected chi connectivity index (χ4v) is 2.69. The van der Waals surface area contributed by atoms with Gasteiger partial charge in [-0.15, -0.1) is 0 Å². The summed E-state index contributed by atoms with van der Waals surface area (Å²) in [6.07, 6.45) is 0. The highest BCUT2D eigenvalue weighted by Gasteiger charge is 2.12. The SMILES string of the molecule is Nc1cc(Cl)c(Oc2ccc(Cl)cc2Br)c(Cl)c1. The smallest absolute Gasteiger partial charge is 0.164 e. The first-order chi connectivity index (χ1) is 8.47. The van der Waals surface area contributed by atoms with Crippen LogP contribution >= 0.6 is 50.7 Å². The molecule has 0 saturated carbocycles. The monoisotopic (exact) mass is 365 g/mol. The lowest BCUT2D eigenvalue weighted by molar-refractivity contribution is 0.480. The van der Waals surface area contributed by atoms with Crippen molar-refractivity contribution in [2.45, 2.75) is 0 Å². The zero-order valence-corrected chi connectivity index (χ0v) is 12.7. The van der Waals surface area contributed by atoms with Gasteiger partial charge in [0, 0.05) is 10.7 Å². The number of nitrogen functional groups attached to an aromatic ring is 1. The van der Waals surface area contributed by atoms with Gasteiger partial charge in [-0.05, 0) is 46.3 Å². The van der Waals surface area contributed by atoms with Gasteiger partial charge in [-0.3, -0.25) is 0 Å². The predicted molar refractivity (Wildman–Crippen MR) is 80.1 cm³/mol. The molecule has 0 aliphatic rings. The Balaban J connectivity index is 2.40. The minimum absolute atomic E-state index is 0.349. The first-order valence-electron chi connectivity index (χ1n) is 4.85. The second kappa shape index (κ2) is 5.57. The molecule has 0 aromatic heterocycles. The van der Waals surface area contributed by atoms with Gasteiger partial charge in [0.15, 0.2) is 5.75 Å². The fraction of sp³-hybridized carbons (Fsp3) is 0. The van der Waals surface area contributed by atoms with Gasteiger partial charge >= 0.3 is 0 Å².